The summed E-state index contributed by atoms with van der Waals surface area (Å²) in [5.74, 6) is 0.101. The van der Waals surface area contributed by atoms with E-state index in [2.05, 4.69) is 18.7 Å². The maximum absolute atomic E-state index is 9.93. The van der Waals surface area contributed by atoms with Crippen molar-refractivity contribution in [3.8, 4) is 5.75 Å². The summed E-state index contributed by atoms with van der Waals surface area (Å²) >= 11 is 11.9. The molecule has 1 N–H and O–H groups in total. The first kappa shape index (κ1) is 15.6. The van der Waals surface area contributed by atoms with Crippen LogP contribution in [0.15, 0.2) is 12.1 Å². The van der Waals surface area contributed by atoms with E-state index in [9.17, 15) is 5.11 Å². The van der Waals surface area contributed by atoms with Gasteiger partial charge in [0.1, 0.15) is 5.75 Å². The van der Waals surface area contributed by atoms with Crippen LogP contribution in [0.3, 0.4) is 0 Å². The zero-order chi connectivity index (χ0) is 13.7. The van der Waals surface area contributed by atoms with Crippen LogP contribution in [0.5, 0.6) is 5.75 Å². The van der Waals surface area contributed by atoms with Gasteiger partial charge in [0.05, 0.1) is 11.6 Å². The van der Waals surface area contributed by atoms with Crippen molar-refractivity contribution in [3.05, 3.63) is 27.7 Å². The van der Waals surface area contributed by atoms with Crippen molar-refractivity contribution < 1.29 is 9.84 Å². The number of hydrogen-bond acceptors (Lipinski definition) is 3. The normalized spacial score (nSPS) is 13.0. The van der Waals surface area contributed by atoms with Gasteiger partial charge in [-0.05, 0) is 25.6 Å². The van der Waals surface area contributed by atoms with Crippen LogP contribution in [-0.2, 0) is 11.3 Å². The Hall–Kier alpha value is -0.480. The average Bonchev–Trinajstić information content (AvgIpc) is 2.32. The van der Waals surface area contributed by atoms with Crippen molar-refractivity contribution in [2.24, 2.45) is 0 Å². The minimum absolute atomic E-state index is 0.101. The summed E-state index contributed by atoms with van der Waals surface area (Å²) in [6.45, 7) is 6.23. The number of phenols is 1. The summed E-state index contributed by atoms with van der Waals surface area (Å²) in [4.78, 5) is 2.19. The molecule has 1 unspecified atom stereocenters. The van der Waals surface area contributed by atoms with Gasteiger partial charge < -0.3 is 9.84 Å². The second-order valence-electron chi connectivity index (χ2n) is 4.26. The number of nitrogens with zero attached hydrogens (tertiary/aromatic N) is 1. The van der Waals surface area contributed by atoms with E-state index in [-0.39, 0.29) is 16.8 Å². The Kier molecular flexibility index (Phi) is 6.22. The highest BCUT2D eigenvalue weighted by Gasteiger charge is 2.16. The zero-order valence-electron chi connectivity index (χ0n) is 10.9. The lowest BCUT2D eigenvalue weighted by Crippen LogP contribution is -2.35. The molecule has 102 valence electrons. The Morgan fingerprint density at radius 1 is 1.39 bits per heavy atom. The van der Waals surface area contributed by atoms with Crippen LogP contribution in [-0.4, -0.2) is 36.3 Å². The molecule has 1 rings (SSSR count). The number of phenolic OH excluding ortho intramolecular Hbond substituents is 1. The first-order valence-electron chi connectivity index (χ1n) is 5.89. The smallest absolute Gasteiger partial charge is 0.138 e. The van der Waals surface area contributed by atoms with Gasteiger partial charge in [-0.3, -0.25) is 4.90 Å². The molecule has 0 saturated heterocycles. The molecule has 1 atom stereocenters. The fourth-order valence-corrected chi connectivity index (χ4v) is 2.42. The summed E-state index contributed by atoms with van der Waals surface area (Å²) in [5, 5.41) is 10.7. The second kappa shape index (κ2) is 7.19. The molecule has 5 heteroatoms. The van der Waals surface area contributed by atoms with Crippen molar-refractivity contribution in [1.82, 2.24) is 4.90 Å². The van der Waals surface area contributed by atoms with E-state index in [1.54, 1.807) is 13.2 Å². The fourth-order valence-electron chi connectivity index (χ4n) is 1.88. The van der Waals surface area contributed by atoms with Gasteiger partial charge in [-0.1, -0.05) is 30.1 Å². The number of halogens is 2. The molecule has 0 heterocycles. The molecule has 0 aliphatic rings. The molecule has 0 saturated carbocycles. The summed E-state index contributed by atoms with van der Waals surface area (Å²) in [6, 6.07) is 3.54. The first-order chi connectivity index (χ1) is 8.49. The lowest BCUT2D eigenvalue weighted by molar-refractivity contribution is 0.0977. The summed E-state index contributed by atoms with van der Waals surface area (Å²) in [7, 11) is 1.68. The third-order valence-electron chi connectivity index (χ3n) is 2.92. The number of aromatic hydroxyl groups is 1. The molecule has 3 nitrogen and oxygen atoms in total. The maximum Gasteiger partial charge on any atom is 0.138 e. The SMILES string of the molecule is CCN(Cc1cc(Cl)cc(Cl)c1O)C(C)COC. The zero-order valence-corrected chi connectivity index (χ0v) is 12.4. The molecule has 0 fully saturated rings. The number of benzene rings is 1. The fraction of sp³-hybridized carbons (Fsp3) is 0.538. The Balaban J connectivity index is 2.88. The lowest BCUT2D eigenvalue weighted by Gasteiger charge is -2.27. The Bertz CT molecular complexity index is 399. The van der Waals surface area contributed by atoms with Crippen molar-refractivity contribution in [1.29, 1.82) is 0 Å². The molecule has 0 aliphatic carbocycles. The number of rotatable bonds is 6. The topological polar surface area (TPSA) is 32.7 Å². The minimum Gasteiger partial charge on any atom is -0.506 e. The minimum atomic E-state index is 0.101. The van der Waals surface area contributed by atoms with Gasteiger partial charge in [-0.25, -0.2) is 0 Å². The van der Waals surface area contributed by atoms with Crippen molar-refractivity contribution >= 4 is 23.2 Å². The number of methoxy groups -OCH3 is 1. The predicted octanol–water partition coefficient (Wildman–Crippen LogP) is 3.56. The molecule has 0 aromatic heterocycles. The first-order valence-corrected chi connectivity index (χ1v) is 6.65. The van der Waals surface area contributed by atoms with Gasteiger partial charge in [0.15, 0.2) is 0 Å². The highest BCUT2D eigenvalue weighted by Crippen LogP contribution is 2.32. The Morgan fingerprint density at radius 2 is 2.06 bits per heavy atom. The quantitative estimate of drug-likeness (QED) is 0.870. The molecular weight excluding hydrogens is 273 g/mol. The highest BCUT2D eigenvalue weighted by molar-refractivity contribution is 6.35. The van der Waals surface area contributed by atoms with E-state index >= 15 is 0 Å². The van der Waals surface area contributed by atoms with Crippen molar-refractivity contribution in [2.75, 3.05) is 20.3 Å². The molecule has 0 bridgehead atoms. The van der Waals surface area contributed by atoms with Crippen LogP contribution in [0.1, 0.15) is 19.4 Å². The van der Waals surface area contributed by atoms with Crippen LogP contribution in [0.4, 0.5) is 0 Å². The van der Waals surface area contributed by atoms with E-state index < -0.39 is 0 Å². The molecular formula is C13H19Cl2NO2. The number of likely N-dealkylation sites (N-methyl/N-ethyl adjacent to an activating group) is 1. The van der Waals surface area contributed by atoms with Crippen LogP contribution in [0.2, 0.25) is 10.0 Å². The Morgan fingerprint density at radius 3 is 2.61 bits per heavy atom. The predicted molar refractivity (Wildman–Crippen MR) is 75.5 cm³/mol. The number of hydrogen-bond donors (Lipinski definition) is 1. The van der Waals surface area contributed by atoms with Gasteiger partial charge in [0.25, 0.3) is 0 Å². The number of ether oxygens (including phenoxy) is 1. The van der Waals surface area contributed by atoms with E-state index in [1.807, 2.05) is 0 Å². The molecule has 1 aromatic rings. The highest BCUT2D eigenvalue weighted by atomic mass is 35.5. The van der Waals surface area contributed by atoms with E-state index in [1.165, 1.54) is 6.07 Å². The Labute approximate surface area is 118 Å². The molecule has 1 aromatic carbocycles. The summed E-state index contributed by atoms with van der Waals surface area (Å²) < 4.78 is 5.15. The van der Waals surface area contributed by atoms with Gasteiger partial charge >= 0.3 is 0 Å². The van der Waals surface area contributed by atoms with Gasteiger partial charge in [-0.15, -0.1) is 0 Å². The van der Waals surface area contributed by atoms with Gasteiger partial charge in [-0.2, -0.15) is 0 Å². The molecule has 18 heavy (non-hydrogen) atoms. The van der Waals surface area contributed by atoms with Gasteiger partial charge in [0, 0.05) is 30.3 Å². The van der Waals surface area contributed by atoms with Crippen LogP contribution < -0.4 is 0 Å². The third kappa shape index (κ3) is 4.02. The largest absolute Gasteiger partial charge is 0.506 e. The third-order valence-corrected chi connectivity index (χ3v) is 3.42. The van der Waals surface area contributed by atoms with E-state index in [4.69, 9.17) is 27.9 Å². The average molecular weight is 292 g/mol. The van der Waals surface area contributed by atoms with E-state index in [0.717, 1.165) is 12.1 Å². The molecule has 0 amide bonds. The van der Waals surface area contributed by atoms with Crippen LogP contribution >= 0.6 is 23.2 Å². The molecule has 0 radical (unpaired) electrons. The standard InChI is InChI=1S/C13H19Cl2NO2/c1-4-16(9(2)8-18-3)7-10-5-11(14)6-12(15)13(10)17/h5-6,9,17H,4,7-8H2,1-3H3. The second-order valence-corrected chi connectivity index (χ2v) is 5.11. The van der Waals surface area contributed by atoms with Crippen LogP contribution in [0.25, 0.3) is 0 Å². The van der Waals surface area contributed by atoms with E-state index in [0.29, 0.717) is 18.2 Å². The van der Waals surface area contributed by atoms with Crippen LogP contribution in [0, 0.1) is 0 Å². The monoisotopic (exact) mass is 291 g/mol. The van der Waals surface area contributed by atoms with Crippen molar-refractivity contribution in [3.63, 3.8) is 0 Å². The summed E-state index contributed by atoms with van der Waals surface area (Å²) in [6.07, 6.45) is 0. The summed E-state index contributed by atoms with van der Waals surface area (Å²) in [5.41, 5.74) is 0.734. The van der Waals surface area contributed by atoms with Crippen molar-refractivity contribution in [2.45, 2.75) is 26.4 Å². The maximum atomic E-state index is 9.93. The van der Waals surface area contributed by atoms with Gasteiger partial charge in [0.2, 0.25) is 0 Å². The lowest BCUT2D eigenvalue weighted by atomic mass is 10.1. The molecule has 0 aliphatic heterocycles. The molecule has 0 spiro atoms.